The van der Waals surface area contributed by atoms with Gasteiger partial charge in [-0.15, -0.1) is 0 Å². The van der Waals surface area contributed by atoms with Crippen molar-refractivity contribution in [3.05, 3.63) is 0 Å². The summed E-state index contributed by atoms with van der Waals surface area (Å²) < 4.78 is 0. The molecule has 1 aliphatic carbocycles. The first-order valence-electron chi connectivity index (χ1n) is 7.22. The van der Waals surface area contributed by atoms with Crippen molar-refractivity contribution in [3.8, 4) is 0 Å². The minimum Gasteiger partial charge on any atom is -0.317 e. The standard InChI is InChI=1S/C14H28N2/c1-3-12(4-2)10-16-11-13-9-14(13)5-7-15-8-6-14/h12-13,15-16H,3-11H2,1-2H3. The molecular formula is C14H28N2. The summed E-state index contributed by atoms with van der Waals surface area (Å²) in [7, 11) is 0. The van der Waals surface area contributed by atoms with Crippen molar-refractivity contribution in [2.45, 2.75) is 46.0 Å². The summed E-state index contributed by atoms with van der Waals surface area (Å²) in [4.78, 5) is 0. The Balaban J connectivity index is 1.61. The summed E-state index contributed by atoms with van der Waals surface area (Å²) in [6, 6.07) is 0. The first-order valence-corrected chi connectivity index (χ1v) is 7.22. The van der Waals surface area contributed by atoms with E-state index in [4.69, 9.17) is 0 Å². The van der Waals surface area contributed by atoms with Gasteiger partial charge in [-0.05, 0) is 62.7 Å². The highest BCUT2D eigenvalue weighted by molar-refractivity contribution is 5.04. The number of piperidine rings is 1. The third-order valence-corrected chi connectivity index (χ3v) is 4.94. The van der Waals surface area contributed by atoms with Crippen molar-refractivity contribution in [1.29, 1.82) is 0 Å². The normalized spacial score (nSPS) is 27.6. The van der Waals surface area contributed by atoms with Gasteiger partial charge >= 0.3 is 0 Å². The van der Waals surface area contributed by atoms with Crippen LogP contribution in [0.2, 0.25) is 0 Å². The third kappa shape index (κ3) is 2.78. The minimum absolute atomic E-state index is 0.756. The molecule has 0 amide bonds. The Morgan fingerprint density at radius 2 is 1.94 bits per heavy atom. The molecule has 2 heteroatoms. The van der Waals surface area contributed by atoms with Crippen LogP contribution in [0.5, 0.6) is 0 Å². The molecule has 94 valence electrons. The second kappa shape index (κ2) is 5.50. The van der Waals surface area contributed by atoms with Crippen molar-refractivity contribution in [3.63, 3.8) is 0 Å². The molecule has 1 heterocycles. The Morgan fingerprint density at radius 3 is 2.56 bits per heavy atom. The van der Waals surface area contributed by atoms with Crippen LogP contribution in [0.1, 0.15) is 46.0 Å². The highest BCUT2D eigenvalue weighted by Crippen LogP contribution is 2.58. The molecule has 2 nitrogen and oxygen atoms in total. The van der Waals surface area contributed by atoms with E-state index < -0.39 is 0 Å². The fourth-order valence-corrected chi connectivity index (χ4v) is 3.30. The van der Waals surface area contributed by atoms with Crippen LogP contribution in [0.15, 0.2) is 0 Å². The Hall–Kier alpha value is -0.0800. The molecular weight excluding hydrogens is 196 g/mol. The number of nitrogens with one attached hydrogen (secondary N) is 2. The van der Waals surface area contributed by atoms with E-state index in [0.717, 1.165) is 17.3 Å². The molecule has 16 heavy (non-hydrogen) atoms. The van der Waals surface area contributed by atoms with E-state index in [1.165, 1.54) is 58.3 Å². The van der Waals surface area contributed by atoms with Gasteiger partial charge in [-0.3, -0.25) is 0 Å². The minimum atomic E-state index is 0.756. The van der Waals surface area contributed by atoms with Gasteiger partial charge in [-0.1, -0.05) is 26.7 Å². The van der Waals surface area contributed by atoms with Crippen LogP contribution in [0.25, 0.3) is 0 Å². The zero-order chi connectivity index (χ0) is 11.4. The van der Waals surface area contributed by atoms with E-state index in [2.05, 4.69) is 24.5 Å². The smallest absolute Gasteiger partial charge is 0.00149 e. The van der Waals surface area contributed by atoms with E-state index >= 15 is 0 Å². The molecule has 2 aliphatic rings. The quantitative estimate of drug-likeness (QED) is 0.724. The van der Waals surface area contributed by atoms with E-state index in [1.807, 2.05) is 0 Å². The highest BCUT2D eigenvalue weighted by atomic mass is 14.9. The van der Waals surface area contributed by atoms with Gasteiger partial charge in [0.2, 0.25) is 0 Å². The van der Waals surface area contributed by atoms with Crippen LogP contribution in [0.3, 0.4) is 0 Å². The fraction of sp³-hybridized carbons (Fsp3) is 1.00. The predicted molar refractivity (Wildman–Crippen MR) is 69.6 cm³/mol. The Kier molecular flexibility index (Phi) is 4.26. The number of rotatable bonds is 6. The lowest BCUT2D eigenvalue weighted by Crippen LogP contribution is -2.32. The van der Waals surface area contributed by atoms with Gasteiger partial charge in [-0.25, -0.2) is 0 Å². The number of hydrogen-bond acceptors (Lipinski definition) is 2. The van der Waals surface area contributed by atoms with Crippen LogP contribution < -0.4 is 10.6 Å². The van der Waals surface area contributed by atoms with Gasteiger partial charge in [-0.2, -0.15) is 0 Å². The summed E-state index contributed by atoms with van der Waals surface area (Å²) >= 11 is 0. The van der Waals surface area contributed by atoms with Crippen LogP contribution in [-0.4, -0.2) is 26.2 Å². The molecule has 1 aliphatic heterocycles. The molecule has 2 rings (SSSR count). The summed E-state index contributed by atoms with van der Waals surface area (Å²) in [6.07, 6.45) is 6.98. The molecule has 1 saturated heterocycles. The van der Waals surface area contributed by atoms with Crippen LogP contribution in [0, 0.1) is 17.3 Å². The topological polar surface area (TPSA) is 24.1 Å². The zero-order valence-electron chi connectivity index (χ0n) is 11.0. The molecule has 2 N–H and O–H groups in total. The average molecular weight is 224 g/mol. The van der Waals surface area contributed by atoms with Crippen molar-refractivity contribution in [1.82, 2.24) is 10.6 Å². The second-order valence-electron chi connectivity index (χ2n) is 5.85. The van der Waals surface area contributed by atoms with Gasteiger partial charge < -0.3 is 10.6 Å². The van der Waals surface area contributed by atoms with Crippen LogP contribution in [-0.2, 0) is 0 Å². The average Bonchev–Trinajstić information content (AvgIpc) is 2.98. The molecule has 1 unspecified atom stereocenters. The summed E-state index contributed by atoms with van der Waals surface area (Å²) in [6.45, 7) is 9.63. The molecule has 2 fully saturated rings. The monoisotopic (exact) mass is 224 g/mol. The number of hydrogen-bond donors (Lipinski definition) is 2. The summed E-state index contributed by atoms with van der Waals surface area (Å²) in [5.74, 6) is 1.88. The maximum Gasteiger partial charge on any atom is -0.00149 e. The predicted octanol–water partition coefficient (Wildman–Crippen LogP) is 2.40. The van der Waals surface area contributed by atoms with Crippen molar-refractivity contribution in [2.75, 3.05) is 26.2 Å². The lowest BCUT2D eigenvalue weighted by molar-refractivity contribution is 0.315. The van der Waals surface area contributed by atoms with E-state index in [-0.39, 0.29) is 0 Å². The lowest BCUT2D eigenvalue weighted by Gasteiger charge is -2.24. The summed E-state index contributed by atoms with van der Waals surface area (Å²) in [5.41, 5.74) is 0.756. The molecule has 1 saturated carbocycles. The maximum atomic E-state index is 3.70. The molecule has 0 radical (unpaired) electrons. The molecule has 1 spiro atoms. The highest BCUT2D eigenvalue weighted by Gasteiger charge is 2.52. The Bertz CT molecular complexity index is 205. The van der Waals surface area contributed by atoms with Gasteiger partial charge in [0.15, 0.2) is 0 Å². The van der Waals surface area contributed by atoms with Gasteiger partial charge in [0.1, 0.15) is 0 Å². The van der Waals surface area contributed by atoms with Crippen molar-refractivity contribution >= 4 is 0 Å². The lowest BCUT2D eigenvalue weighted by atomic mass is 9.92. The first-order chi connectivity index (χ1) is 7.80. The molecule has 0 bridgehead atoms. The fourth-order valence-electron chi connectivity index (χ4n) is 3.30. The van der Waals surface area contributed by atoms with E-state index in [0.29, 0.717) is 0 Å². The van der Waals surface area contributed by atoms with Crippen molar-refractivity contribution < 1.29 is 0 Å². The third-order valence-electron chi connectivity index (χ3n) is 4.94. The van der Waals surface area contributed by atoms with Gasteiger partial charge in [0.05, 0.1) is 0 Å². The van der Waals surface area contributed by atoms with Crippen LogP contribution >= 0.6 is 0 Å². The van der Waals surface area contributed by atoms with E-state index in [9.17, 15) is 0 Å². The first kappa shape index (κ1) is 12.4. The van der Waals surface area contributed by atoms with Gasteiger partial charge in [0.25, 0.3) is 0 Å². The van der Waals surface area contributed by atoms with Crippen LogP contribution in [0.4, 0.5) is 0 Å². The summed E-state index contributed by atoms with van der Waals surface area (Å²) in [5, 5.41) is 7.17. The molecule has 0 aromatic rings. The van der Waals surface area contributed by atoms with Gasteiger partial charge in [0, 0.05) is 0 Å². The Labute approximate surface area is 101 Å². The Morgan fingerprint density at radius 1 is 1.25 bits per heavy atom. The molecule has 0 aromatic heterocycles. The second-order valence-corrected chi connectivity index (χ2v) is 5.85. The SMILES string of the molecule is CCC(CC)CNCC1CC12CCNCC2. The molecule has 1 atom stereocenters. The van der Waals surface area contributed by atoms with Crippen molar-refractivity contribution in [2.24, 2.45) is 17.3 Å². The zero-order valence-corrected chi connectivity index (χ0v) is 11.0. The molecule has 0 aromatic carbocycles. The van der Waals surface area contributed by atoms with E-state index in [1.54, 1.807) is 0 Å². The largest absolute Gasteiger partial charge is 0.317 e. The maximum absolute atomic E-state index is 3.70.